The maximum Gasteiger partial charge on any atom is 0.490 e. The van der Waals surface area contributed by atoms with Crippen molar-refractivity contribution in [3.05, 3.63) is 0 Å². The molecule has 1 aliphatic carbocycles. The molecule has 0 unspecified atom stereocenters. The smallest absolute Gasteiger partial charge is 0.481 e. The normalized spacial score (nSPS) is 24.4. The predicted molar refractivity (Wildman–Crippen MR) is 88.0 cm³/mol. The molecule has 0 bridgehead atoms. The number of carbonyl (C=O) groups is 3. The number of piperidine rings is 1. The summed E-state index contributed by atoms with van der Waals surface area (Å²) in [5.41, 5.74) is 0. The molecule has 0 radical (unpaired) electrons. The number of hydrogen-bond donors (Lipinski definition) is 2. The van der Waals surface area contributed by atoms with Crippen LogP contribution in [0.2, 0.25) is 0 Å². The van der Waals surface area contributed by atoms with Gasteiger partial charge in [0.25, 0.3) is 0 Å². The summed E-state index contributed by atoms with van der Waals surface area (Å²) < 4.78 is 36.8. The Kier molecular flexibility index (Phi) is 9.01. The Morgan fingerprint density at radius 2 is 1.44 bits per heavy atom. The van der Waals surface area contributed by atoms with Crippen LogP contribution in [-0.4, -0.2) is 64.9 Å². The molecule has 156 valence electrons. The van der Waals surface area contributed by atoms with Crippen LogP contribution < -0.4 is 0 Å². The number of ether oxygens (including phenoxy) is 1. The van der Waals surface area contributed by atoms with Gasteiger partial charge in [-0.3, -0.25) is 9.59 Å². The lowest BCUT2D eigenvalue weighted by molar-refractivity contribution is -0.192. The molecule has 0 spiro atoms. The minimum atomic E-state index is -5.08. The van der Waals surface area contributed by atoms with Crippen molar-refractivity contribution in [2.45, 2.75) is 57.7 Å². The molecule has 2 aliphatic rings. The van der Waals surface area contributed by atoms with Gasteiger partial charge in [-0.1, -0.05) is 0 Å². The molecule has 0 aromatic rings. The number of aliphatic carboxylic acids is 2. The third-order valence-electron chi connectivity index (χ3n) is 4.95. The van der Waals surface area contributed by atoms with Gasteiger partial charge in [0.2, 0.25) is 0 Å². The third kappa shape index (κ3) is 7.74. The summed E-state index contributed by atoms with van der Waals surface area (Å²) in [5.74, 6) is -3.55. The molecule has 0 atom stereocenters. The van der Waals surface area contributed by atoms with Crippen molar-refractivity contribution < 1.29 is 42.5 Å². The van der Waals surface area contributed by atoms with Gasteiger partial charge in [0.05, 0.1) is 18.4 Å². The van der Waals surface area contributed by atoms with Crippen molar-refractivity contribution in [1.82, 2.24) is 4.90 Å². The second kappa shape index (κ2) is 10.5. The lowest BCUT2D eigenvalue weighted by Gasteiger charge is -2.39. The largest absolute Gasteiger partial charge is 0.490 e. The van der Waals surface area contributed by atoms with E-state index in [1.165, 1.54) is 0 Å². The summed E-state index contributed by atoms with van der Waals surface area (Å²) in [6.45, 7) is 4.06. The number of esters is 1. The van der Waals surface area contributed by atoms with E-state index in [1.807, 2.05) is 6.92 Å². The Morgan fingerprint density at radius 3 is 1.81 bits per heavy atom. The Labute approximate surface area is 155 Å². The number of carboxylic acids is 2. The number of nitrogens with zero attached hydrogens (tertiary/aromatic N) is 1. The summed E-state index contributed by atoms with van der Waals surface area (Å²) in [6.07, 6.45) is 0.299. The van der Waals surface area contributed by atoms with Gasteiger partial charge in [0, 0.05) is 6.04 Å². The molecule has 0 aromatic carbocycles. The van der Waals surface area contributed by atoms with Gasteiger partial charge in [-0.2, -0.15) is 13.2 Å². The van der Waals surface area contributed by atoms with Crippen LogP contribution in [0, 0.1) is 11.8 Å². The van der Waals surface area contributed by atoms with Crippen LogP contribution in [0.25, 0.3) is 0 Å². The Morgan fingerprint density at radius 1 is 0.963 bits per heavy atom. The summed E-state index contributed by atoms with van der Waals surface area (Å²) >= 11 is 0. The molecule has 27 heavy (non-hydrogen) atoms. The zero-order valence-electron chi connectivity index (χ0n) is 15.2. The molecule has 1 heterocycles. The lowest BCUT2D eigenvalue weighted by Crippen LogP contribution is -2.44. The van der Waals surface area contributed by atoms with Gasteiger partial charge < -0.3 is 19.8 Å². The zero-order chi connectivity index (χ0) is 20.6. The van der Waals surface area contributed by atoms with Crippen LogP contribution in [-0.2, 0) is 19.1 Å². The van der Waals surface area contributed by atoms with Crippen LogP contribution in [0.3, 0.4) is 0 Å². The third-order valence-corrected chi connectivity index (χ3v) is 4.95. The minimum Gasteiger partial charge on any atom is -0.481 e. The molecule has 1 saturated carbocycles. The first-order valence-electron chi connectivity index (χ1n) is 8.99. The second-order valence-corrected chi connectivity index (χ2v) is 6.71. The van der Waals surface area contributed by atoms with E-state index < -0.39 is 18.1 Å². The monoisotopic (exact) mass is 397 g/mol. The molecule has 2 rings (SSSR count). The molecular weight excluding hydrogens is 371 g/mol. The number of carboxylic acid groups (broad SMARTS) is 2. The van der Waals surface area contributed by atoms with E-state index in [4.69, 9.17) is 19.7 Å². The predicted octanol–water partition coefficient (Wildman–Crippen LogP) is 2.54. The zero-order valence-corrected chi connectivity index (χ0v) is 15.2. The molecule has 7 nitrogen and oxygen atoms in total. The fourth-order valence-corrected chi connectivity index (χ4v) is 3.45. The fraction of sp³-hybridized carbons (Fsp3) is 0.824. The van der Waals surface area contributed by atoms with Crippen molar-refractivity contribution in [2.24, 2.45) is 11.8 Å². The quantitative estimate of drug-likeness (QED) is 0.703. The first kappa shape index (κ1) is 23.2. The number of halogens is 3. The number of rotatable bonds is 4. The molecule has 2 N–H and O–H groups in total. The van der Waals surface area contributed by atoms with Crippen molar-refractivity contribution in [3.8, 4) is 0 Å². The topological polar surface area (TPSA) is 104 Å². The highest BCUT2D eigenvalue weighted by Crippen LogP contribution is 2.31. The van der Waals surface area contributed by atoms with Crippen molar-refractivity contribution in [1.29, 1.82) is 0 Å². The second-order valence-electron chi connectivity index (χ2n) is 6.71. The van der Waals surface area contributed by atoms with Crippen LogP contribution in [0.15, 0.2) is 0 Å². The highest BCUT2D eigenvalue weighted by atomic mass is 19.4. The average molecular weight is 397 g/mol. The highest BCUT2D eigenvalue weighted by molar-refractivity contribution is 5.73. The van der Waals surface area contributed by atoms with E-state index in [1.54, 1.807) is 0 Å². The van der Waals surface area contributed by atoms with Gasteiger partial charge in [-0.25, -0.2) is 4.79 Å². The lowest BCUT2D eigenvalue weighted by atomic mass is 9.84. The van der Waals surface area contributed by atoms with Crippen molar-refractivity contribution >= 4 is 17.9 Å². The van der Waals surface area contributed by atoms with Crippen LogP contribution in [0.4, 0.5) is 13.2 Å². The maximum atomic E-state index is 11.7. The van der Waals surface area contributed by atoms with E-state index >= 15 is 0 Å². The molecule has 0 aromatic heterocycles. The molecule has 10 heteroatoms. The van der Waals surface area contributed by atoms with Crippen molar-refractivity contribution in [2.75, 3.05) is 19.7 Å². The van der Waals surface area contributed by atoms with Crippen LogP contribution in [0.5, 0.6) is 0 Å². The van der Waals surface area contributed by atoms with E-state index in [2.05, 4.69) is 4.90 Å². The number of likely N-dealkylation sites (tertiary alicyclic amines) is 1. The van der Waals surface area contributed by atoms with Gasteiger partial charge in [0.15, 0.2) is 0 Å². The van der Waals surface area contributed by atoms with E-state index in [0.717, 1.165) is 51.6 Å². The Bertz CT molecular complexity index is 509. The molecule has 0 amide bonds. The average Bonchev–Trinajstić information content (AvgIpc) is 2.62. The highest BCUT2D eigenvalue weighted by Gasteiger charge is 2.38. The molecule has 1 saturated heterocycles. The molecular formula is C17H26F3NO6. The molecule has 2 fully saturated rings. The number of carbonyl (C=O) groups excluding carboxylic acids is 1. The van der Waals surface area contributed by atoms with Gasteiger partial charge in [-0.15, -0.1) is 0 Å². The summed E-state index contributed by atoms with van der Waals surface area (Å²) in [5, 5.41) is 16.1. The standard InChI is InChI=1S/C15H25NO4.C2HF3O2/c1-2-20-15(19)12-3-5-13(6-4-12)16-9-7-11(8-10-16)14(17)18;3-2(4,5)1(6)7/h11-13H,2-10H2,1H3,(H,17,18);(H,6,7). The minimum absolute atomic E-state index is 0.0458. The van der Waals surface area contributed by atoms with E-state index in [-0.39, 0.29) is 17.8 Å². The number of hydrogen-bond acceptors (Lipinski definition) is 5. The van der Waals surface area contributed by atoms with Crippen LogP contribution >= 0.6 is 0 Å². The van der Waals surface area contributed by atoms with Gasteiger partial charge in [0.1, 0.15) is 0 Å². The van der Waals surface area contributed by atoms with Gasteiger partial charge >= 0.3 is 24.1 Å². The number of alkyl halides is 3. The summed E-state index contributed by atoms with van der Waals surface area (Å²) in [4.78, 5) is 34.0. The van der Waals surface area contributed by atoms with Gasteiger partial charge in [-0.05, 0) is 58.5 Å². The summed E-state index contributed by atoms with van der Waals surface area (Å²) in [6, 6.07) is 0.524. The van der Waals surface area contributed by atoms with Crippen LogP contribution in [0.1, 0.15) is 45.4 Å². The Balaban J connectivity index is 0.000000445. The first-order chi connectivity index (χ1) is 12.6. The Hall–Kier alpha value is -1.84. The maximum absolute atomic E-state index is 11.7. The molecule has 1 aliphatic heterocycles. The first-order valence-corrected chi connectivity index (χ1v) is 8.99. The van der Waals surface area contributed by atoms with E-state index in [0.29, 0.717) is 12.6 Å². The summed E-state index contributed by atoms with van der Waals surface area (Å²) in [7, 11) is 0. The fourth-order valence-electron chi connectivity index (χ4n) is 3.45. The van der Waals surface area contributed by atoms with Crippen molar-refractivity contribution in [3.63, 3.8) is 0 Å². The SMILES string of the molecule is CCOC(=O)C1CCC(N2CCC(C(=O)O)CC2)CC1.O=C(O)C(F)(F)F. The van der Waals surface area contributed by atoms with E-state index in [9.17, 15) is 22.8 Å².